The molecule has 0 aliphatic carbocycles. The summed E-state index contributed by atoms with van der Waals surface area (Å²) in [7, 11) is -7.55. The molecule has 1 aliphatic heterocycles. The van der Waals surface area contributed by atoms with Crippen molar-refractivity contribution in [1.29, 1.82) is 0 Å². The average molecular weight is 472 g/mol. The first-order chi connectivity index (χ1) is 13.2. The Hall–Kier alpha value is -1.79. The first kappa shape index (κ1) is 21.9. The smallest absolute Gasteiger partial charge is 0.278 e. The van der Waals surface area contributed by atoms with Crippen molar-refractivity contribution in [2.24, 2.45) is 0 Å². The Kier molecular flexibility index (Phi) is 5.41. The molecule has 3 rings (SSSR count). The van der Waals surface area contributed by atoms with Gasteiger partial charge in [0, 0.05) is 0 Å². The fourth-order valence-corrected chi connectivity index (χ4v) is 6.72. The number of nitrogens with zero attached hydrogens (tertiary/aromatic N) is 2. The summed E-state index contributed by atoms with van der Waals surface area (Å²) < 4.78 is 91.5. The van der Waals surface area contributed by atoms with E-state index in [1.807, 2.05) is 0 Å². The quantitative estimate of drug-likeness (QED) is 0.737. The predicted octanol–water partition coefficient (Wildman–Crippen LogP) is 3.33. The summed E-state index contributed by atoms with van der Waals surface area (Å²) >= 11 is 5.88. The number of sulfonamides is 1. The van der Waals surface area contributed by atoms with Crippen LogP contribution in [0.2, 0.25) is 5.02 Å². The highest BCUT2D eigenvalue weighted by molar-refractivity contribution is 7.93. The van der Waals surface area contributed by atoms with Crippen LogP contribution in [0.5, 0.6) is 0 Å². The van der Waals surface area contributed by atoms with Crippen molar-refractivity contribution >= 4 is 37.1 Å². The van der Waals surface area contributed by atoms with Crippen LogP contribution in [0.3, 0.4) is 0 Å². The number of nitrogens with one attached hydrogen (secondary N) is 1. The number of anilines is 1. The van der Waals surface area contributed by atoms with Gasteiger partial charge in [-0.2, -0.15) is 18.3 Å². The molecule has 1 saturated heterocycles. The Morgan fingerprint density at radius 2 is 1.93 bits per heavy atom. The minimum Gasteiger partial charge on any atom is -0.278 e. The number of hydrogen-bond donors (Lipinski definition) is 1. The van der Waals surface area contributed by atoms with Gasteiger partial charge in [-0.05, 0) is 38.5 Å². The zero-order chi connectivity index (χ0) is 21.8. The summed E-state index contributed by atoms with van der Waals surface area (Å²) in [6, 6.07) is 1.81. The zero-order valence-electron chi connectivity index (χ0n) is 15.3. The molecule has 7 nitrogen and oxygen atoms in total. The molecule has 1 fully saturated rings. The molecule has 0 radical (unpaired) electrons. The van der Waals surface area contributed by atoms with Crippen molar-refractivity contribution in [2.45, 2.75) is 37.4 Å². The van der Waals surface area contributed by atoms with Crippen molar-refractivity contribution in [1.82, 2.24) is 9.78 Å². The van der Waals surface area contributed by atoms with Gasteiger partial charge in [0.1, 0.15) is 4.90 Å². The minimum atomic E-state index is -4.67. The van der Waals surface area contributed by atoms with Crippen LogP contribution in [0.25, 0.3) is 0 Å². The van der Waals surface area contributed by atoms with Crippen molar-refractivity contribution in [3.63, 3.8) is 0 Å². The fourth-order valence-electron chi connectivity index (χ4n) is 3.34. The van der Waals surface area contributed by atoms with Crippen molar-refractivity contribution in [3.05, 3.63) is 40.2 Å². The number of aromatic nitrogens is 2. The second kappa shape index (κ2) is 7.17. The van der Waals surface area contributed by atoms with Gasteiger partial charge in [0.2, 0.25) is 0 Å². The number of hydrogen-bond acceptors (Lipinski definition) is 5. The highest BCUT2D eigenvalue weighted by Gasteiger charge is 2.35. The van der Waals surface area contributed by atoms with Gasteiger partial charge in [-0.1, -0.05) is 11.6 Å². The third-order valence-corrected chi connectivity index (χ3v) is 8.32. The summed E-state index contributed by atoms with van der Waals surface area (Å²) in [5, 5.41) is 3.96. The first-order valence-electron chi connectivity index (χ1n) is 8.37. The second-order valence-corrected chi connectivity index (χ2v) is 11.1. The summed E-state index contributed by atoms with van der Waals surface area (Å²) in [6.45, 7) is 2.89. The van der Waals surface area contributed by atoms with Gasteiger partial charge in [-0.25, -0.2) is 16.8 Å². The maximum Gasteiger partial charge on any atom is 0.416 e. The molecule has 13 heteroatoms. The van der Waals surface area contributed by atoms with E-state index >= 15 is 0 Å². The molecule has 1 aliphatic rings. The lowest BCUT2D eigenvalue weighted by Crippen LogP contribution is -2.17. The zero-order valence-corrected chi connectivity index (χ0v) is 17.7. The third-order valence-electron chi connectivity index (χ3n) is 4.62. The Morgan fingerprint density at radius 1 is 1.28 bits per heavy atom. The van der Waals surface area contributed by atoms with Gasteiger partial charge in [0.15, 0.2) is 9.84 Å². The summed E-state index contributed by atoms with van der Waals surface area (Å²) in [4.78, 5) is -0.227. The van der Waals surface area contributed by atoms with Gasteiger partial charge < -0.3 is 0 Å². The monoisotopic (exact) mass is 471 g/mol. The maximum absolute atomic E-state index is 12.9. The molecule has 160 valence electrons. The topological polar surface area (TPSA) is 98.1 Å². The van der Waals surface area contributed by atoms with E-state index in [1.165, 1.54) is 18.5 Å². The molecule has 0 saturated carbocycles. The number of sulfone groups is 1. The number of alkyl halides is 3. The summed E-state index contributed by atoms with van der Waals surface area (Å²) in [5.41, 5.74) is -1.18. The highest BCUT2D eigenvalue weighted by Crippen LogP contribution is 2.35. The van der Waals surface area contributed by atoms with Crippen molar-refractivity contribution in [3.8, 4) is 0 Å². The lowest BCUT2D eigenvalue weighted by atomic mass is 10.2. The largest absolute Gasteiger partial charge is 0.416 e. The lowest BCUT2D eigenvalue weighted by Gasteiger charge is -2.14. The lowest BCUT2D eigenvalue weighted by molar-refractivity contribution is -0.137. The molecule has 2 aromatic rings. The third kappa shape index (κ3) is 4.38. The van der Waals surface area contributed by atoms with Gasteiger partial charge in [0.05, 0.1) is 45.2 Å². The van der Waals surface area contributed by atoms with E-state index in [4.69, 9.17) is 11.6 Å². The molecule has 0 spiro atoms. The fraction of sp³-hybridized carbons (Fsp3) is 0.438. The molecule has 29 heavy (non-hydrogen) atoms. The van der Waals surface area contributed by atoms with Gasteiger partial charge >= 0.3 is 6.18 Å². The van der Waals surface area contributed by atoms with Crippen molar-refractivity contribution in [2.75, 3.05) is 16.2 Å². The molecule has 1 aromatic carbocycles. The van der Waals surface area contributed by atoms with Gasteiger partial charge in [-0.3, -0.25) is 9.40 Å². The van der Waals surface area contributed by atoms with Crippen LogP contribution in [0.15, 0.2) is 23.1 Å². The summed E-state index contributed by atoms with van der Waals surface area (Å²) in [5.74, 6) is -0.169. The van der Waals surface area contributed by atoms with E-state index in [0.717, 1.165) is 12.1 Å². The Bertz CT molecular complexity index is 1170. The van der Waals surface area contributed by atoms with Gasteiger partial charge in [0.25, 0.3) is 10.0 Å². The van der Waals surface area contributed by atoms with Crippen LogP contribution in [-0.4, -0.2) is 38.1 Å². The Balaban J connectivity index is 1.99. The SMILES string of the molecule is Cc1nn(C2CCS(=O)(=O)C2)c(C)c1S(=O)(=O)Nc1cc(C(F)(F)F)ccc1Cl. The Labute approximate surface area is 170 Å². The molecule has 1 atom stereocenters. The normalized spacial score (nSPS) is 19.4. The van der Waals surface area contributed by atoms with E-state index in [9.17, 15) is 30.0 Å². The molecular weight excluding hydrogens is 455 g/mol. The minimum absolute atomic E-state index is 0.0177. The van der Waals surface area contributed by atoms with E-state index < -0.39 is 43.3 Å². The van der Waals surface area contributed by atoms with Crippen LogP contribution in [0.1, 0.15) is 29.4 Å². The van der Waals surface area contributed by atoms with Crippen LogP contribution < -0.4 is 4.72 Å². The number of halogens is 4. The predicted molar refractivity (Wildman–Crippen MR) is 101 cm³/mol. The molecular formula is C16H17ClF3N3O4S2. The van der Waals surface area contributed by atoms with Crippen molar-refractivity contribution < 1.29 is 30.0 Å². The maximum atomic E-state index is 12.9. The highest BCUT2D eigenvalue weighted by atomic mass is 35.5. The van der Waals surface area contributed by atoms with E-state index in [1.54, 1.807) is 0 Å². The van der Waals surface area contributed by atoms with E-state index in [0.29, 0.717) is 12.5 Å². The van der Waals surface area contributed by atoms with E-state index in [2.05, 4.69) is 9.82 Å². The molecule has 2 heterocycles. The van der Waals surface area contributed by atoms with Crippen LogP contribution in [-0.2, 0) is 26.0 Å². The molecule has 0 amide bonds. The van der Waals surface area contributed by atoms with Crippen LogP contribution in [0, 0.1) is 13.8 Å². The van der Waals surface area contributed by atoms with Gasteiger partial charge in [-0.15, -0.1) is 0 Å². The van der Waals surface area contributed by atoms with Crippen LogP contribution >= 0.6 is 11.6 Å². The average Bonchev–Trinajstić information content (AvgIpc) is 3.07. The number of aryl methyl sites for hydroxylation is 1. The first-order valence-corrected chi connectivity index (χ1v) is 12.1. The second-order valence-electron chi connectivity index (χ2n) is 6.80. The molecule has 1 unspecified atom stereocenters. The summed E-state index contributed by atoms with van der Waals surface area (Å²) in [6.07, 6.45) is -4.37. The molecule has 0 bridgehead atoms. The number of benzene rings is 1. The molecule has 1 aromatic heterocycles. The van der Waals surface area contributed by atoms with Crippen LogP contribution in [0.4, 0.5) is 18.9 Å². The van der Waals surface area contributed by atoms with E-state index in [-0.39, 0.29) is 32.8 Å². The standard InChI is InChI=1S/C16H17ClF3N3O4S2/c1-9-15(10(2)23(21-9)12-5-6-28(24,25)8-12)29(26,27)22-14-7-11(16(18,19)20)3-4-13(14)17/h3-4,7,12,22H,5-6,8H2,1-2H3. The molecule has 1 N–H and O–H groups in total. The number of rotatable bonds is 4. The Morgan fingerprint density at radius 3 is 2.48 bits per heavy atom.